The Morgan fingerprint density at radius 2 is 1.96 bits per heavy atom. The molecule has 0 bridgehead atoms. The number of methoxy groups -OCH3 is 2. The van der Waals surface area contributed by atoms with E-state index in [1.807, 2.05) is 0 Å². The van der Waals surface area contributed by atoms with Gasteiger partial charge < -0.3 is 19.5 Å². The maximum absolute atomic E-state index is 12.4. The van der Waals surface area contributed by atoms with Crippen molar-refractivity contribution < 1.29 is 19.0 Å². The summed E-state index contributed by atoms with van der Waals surface area (Å²) in [5.74, 6) is 1.66. The fourth-order valence-electron chi connectivity index (χ4n) is 2.83. The second-order valence-electron chi connectivity index (χ2n) is 6.46. The van der Waals surface area contributed by atoms with E-state index in [1.54, 1.807) is 32.4 Å². The fourth-order valence-corrected chi connectivity index (χ4v) is 2.83. The van der Waals surface area contributed by atoms with Crippen molar-refractivity contribution in [3.8, 4) is 11.5 Å². The molecule has 0 saturated carbocycles. The van der Waals surface area contributed by atoms with Crippen LogP contribution in [0.1, 0.15) is 24.2 Å². The molecule has 0 aliphatic carbocycles. The van der Waals surface area contributed by atoms with Crippen molar-refractivity contribution in [2.45, 2.75) is 20.0 Å². The Morgan fingerprint density at radius 1 is 1.29 bits per heavy atom. The molecular weight excluding hydrogens is 308 g/mol. The summed E-state index contributed by atoms with van der Waals surface area (Å²) in [5, 5.41) is 2.94. The highest BCUT2D eigenvalue weighted by Crippen LogP contribution is 2.22. The molecule has 2 rings (SSSR count). The van der Waals surface area contributed by atoms with Gasteiger partial charge in [0.1, 0.15) is 11.5 Å². The van der Waals surface area contributed by atoms with Crippen LogP contribution in [0.3, 0.4) is 0 Å². The third-order valence-electron chi connectivity index (χ3n) is 3.95. The maximum Gasteiger partial charge on any atom is 0.251 e. The van der Waals surface area contributed by atoms with Crippen LogP contribution >= 0.6 is 0 Å². The van der Waals surface area contributed by atoms with Gasteiger partial charge in [0.25, 0.3) is 5.91 Å². The number of carbonyl (C=O) groups is 1. The first kappa shape index (κ1) is 18.5. The minimum atomic E-state index is -0.156. The van der Waals surface area contributed by atoms with Crippen molar-refractivity contribution in [2.75, 3.05) is 47.0 Å². The van der Waals surface area contributed by atoms with Gasteiger partial charge in [-0.2, -0.15) is 0 Å². The van der Waals surface area contributed by atoms with Gasteiger partial charge in [-0.25, -0.2) is 0 Å². The molecule has 1 fully saturated rings. The second kappa shape index (κ2) is 8.89. The van der Waals surface area contributed by atoms with Crippen LogP contribution in [0.25, 0.3) is 0 Å². The monoisotopic (exact) mass is 336 g/mol. The molecule has 1 aromatic carbocycles. The van der Waals surface area contributed by atoms with Crippen LogP contribution in [-0.4, -0.2) is 63.9 Å². The lowest BCUT2D eigenvalue weighted by molar-refractivity contribution is -0.0295. The van der Waals surface area contributed by atoms with Gasteiger partial charge in [0.05, 0.1) is 26.9 Å². The summed E-state index contributed by atoms with van der Waals surface area (Å²) in [4.78, 5) is 14.8. The standard InChI is InChI=1S/C18H28N2O4/c1-13(2)11-20-5-6-24-17(12-20)10-19-18(21)14-7-15(22-3)9-16(8-14)23-4/h7-9,13,17H,5-6,10-12H2,1-4H3,(H,19,21)/t17-/m1/s1. The summed E-state index contributed by atoms with van der Waals surface area (Å²) >= 11 is 0. The van der Waals surface area contributed by atoms with Gasteiger partial charge in [-0.3, -0.25) is 9.69 Å². The molecule has 0 radical (unpaired) electrons. The van der Waals surface area contributed by atoms with Gasteiger partial charge in [0.15, 0.2) is 0 Å². The zero-order chi connectivity index (χ0) is 17.5. The first-order valence-electron chi connectivity index (χ1n) is 8.37. The summed E-state index contributed by atoms with van der Waals surface area (Å²) in [6.45, 7) is 8.48. The number of carbonyl (C=O) groups excluding carboxylic acids is 1. The Labute approximate surface area is 144 Å². The average Bonchev–Trinajstić information content (AvgIpc) is 2.58. The lowest BCUT2D eigenvalue weighted by Gasteiger charge is -2.33. The summed E-state index contributed by atoms with van der Waals surface area (Å²) in [6, 6.07) is 5.14. The lowest BCUT2D eigenvalue weighted by atomic mass is 10.1. The number of hydrogen-bond acceptors (Lipinski definition) is 5. The van der Waals surface area contributed by atoms with Gasteiger partial charge in [-0.05, 0) is 18.1 Å². The number of amides is 1. The minimum Gasteiger partial charge on any atom is -0.497 e. The smallest absolute Gasteiger partial charge is 0.251 e. The first-order valence-corrected chi connectivity index (χ1v) is 8.37. The molecule has 1 atom stereocenters. The quantitative estimate of drug-likeness (QED) is 0.823. The Morgan fingerprint density at radius 3 is 2.54 bits per heavy atom. The highest BCUT2D eigenvalue weighted by atomic mass is 16.5. The summed E-state index contributed by atoms with van der Waals surface area (Å²) in [6.07, 6.45) is 0.0222. The zero-order valence-electron chi connectivity index (χ0n) is 15.0. The molecule has 1 N–H and O–H groups in total. The van der Waals surface area contributed by atoms with Gasteiger partial charge in [-0.15, -0.1) is 0 Å². The number of nitrogens with one attached hydrogen (secondary N) is 1. The molecule has 0 aromatic heterocycles. The van der Waals surface area contributed by atoms with E-state index in [2.05, 4.69) is 24.1 Å². The van der Waals surface area contributed by atoms with E-state index < -0.39 is 0 Å². The second-order valence-corrected chi connectivity index (χ2v) is 6.46. The molecule has 24 heavy (non-hydrogen) atoms. The Bertz CT molecular complexity index is 526. The molecule has 1 amide bonds. The summed E-state index contributed by atoms with van der Waals surface area (Å²) in [5.41, 5.74) is 0.515. The summed E-state index contributed by atoms with van der Waals surface area (Å²) in [7, 11) is 3.13. The van der Waals surface area contributed by atoms with E-state index in [0.717, 1.165) is 19.6 Å². The molecule has 134 valence electrons. The Kier molecular flexibility index (Phi) is 6.87. The van der Waals surface area contributed by atoms with Crippen molar-refractivity contribution in [2.24, 2.45) is 5.92 Å². The maximum atomic E-state index is 12.4. The fraction of sp³-hybridized carbons (Fsp3) is 0.611. The highest BCUT2D eigenvalue weighted by molar-refractivity contribution is 5.95. The van der Waals surface area contributed by atoms with Crippen molar-refractivity contribution in [1.29, 1.82) is 0 Å². The molecular formula is C18H28N2O4. The van der Waals surface area contributed by atoms with Crippen molar-refractivity contribution >= 4 is 5.91 Å². The van der Waals surface area contributed by atoms with Crippen LogP contribution in [-0.2, 0) is 4.74 Å². The van der Waals surface area contributed by atoms with Crippen LogP contribution in [0.2, 0.25) is 0 Å². The third-order valence-corrected chi connectivity index (χ3v) is 3.95. The van der Waals surface area contributed by atoms with E-state index in [-0.39, 0.29) is 12.0 Å². The largest absolute Gasteiger partial charge is 0.497 e. The Balaban J connectivity index is 1.90. The van der Waals surface area contributed by atoms with Gasteiger partial charge in [0.2, 0.25) is 0 Å². The van der Waals surface area contributed by atoms with Crippen LogP contribution in [0.4, 0.5) is 0 Å². The number of ether oxygens (including phenoxy) is 3. The van der Waals surface area contributed by atoms with Crippen molar-refractivity contribution in [1.82, 2.24) is 10.2 Å². The molecule has 1 heterocycles. The van der Waals surface area contributed by atoms with Crippen LogP contribution in [0, 0.1) is 5.92 Å². The predicted octanol–water partition coefficient (Wildman–Crippen LogP) is 1.79. The minimum absolute atomic E-state index is 0.0222. The number of benzene rings is 1. The van der Waals surface area contributed by atoms with Gasteiger partial charge in [-0.1, -0.05) is 13.8 Å². The Hall–Kier alpha value is -1.79. The molecule has 1 aromatic rings. The normalized spacial score (nSPS) is 18.5. The topological polar surface area (TPSA) is 60.0 Å². The van der Waals surface area contributed by atoms with E-state index in [9.17, 15) is 4.79 Å². The predicted molar refractivity (Wildman–Crippen MR) is 92.9 cm³/mol. The van der Waals surface area contributed by atoms with E-state index in [0.29, 0.717) is 36.1 Å². The van der Waals surface area contributed by atoms with E-state index in [1.165, 1.54) is 0 Å². The van der Waals surface area contributed by atoms with Crippen LogP contribution < -0.4 is 14.8 Å². The van der Waals surface area contributed by atoms with Crippen LogP contribution in [0.15, 0.2) is 18.2 Å². The van der Waals surface area contributed by atoms with Crippen molar-refractivity contribution in [3.05, 3.63) is 23.8 Å². The number of hydrogen-bond donors (Lipinski definition) is 1. The molecule has 1 aliphatic heterocycles. The van der Waals surface area contributed by atoms with E-state index >= 15 is 0 Å². The molecule has 0 unspecified atom stereocenters. The molecule has 1 aliphatic rings. The third kappa shape index (κ3) is 5.39. The first-order chi connectivity index (χ1) is 11.5. The number of nitrogens with zero attached hydrogens (tertiary/aromatic N) is 1. The molecule has 1 saturated heterocycles. The average molecular weight is 336 g/mol. The SMILES string of the molecule is COc1cc(OC)cc(C(=O)NC[C@@H]2CN(CC(C)C)CCO2)c1. The summed E-state index contributed by atoms with van der Waals surface area (Å²) < 4.78 is 16.2. The van der Waals surface area contributed by atoms with Crippen LogP contribution in [0.5, 0.6) is 11.5 Å². The van der Waals surface area contributed by atoms with Crippen molar-refractivity contribution in [3.63, 3.8) is 0 Å². The molecule has 6 nitrogen and oxygen atoms in total. The molecule has 0 spiro atoms. The highest BCUT2D eigenvalue weighted by Gasteiger charge is 2.21. The van der Waals surface area contributed by atoms with E-state index in [4.69, 9.17) is 14.2 Å². The number of morpholine rings is 1. The zero-order valence-corrected chi connectivity index (χ0v) is 15.0. The number of rotatable bonds is 7. The molecule has 6 heteroatoms. The lowest BCUT2D eigenvalue weighted by Crippen LogP contribution is -2.48. The van der Waals surface area contributed by atoms with Gasteiger partial charge in [0, 0.05) is 37.8 Å². The van der Waals surface area contributed by atoms with Gasteiger partial charge >= 0.3 is 0 Å².